The predicted octanol–water partition coefficient (Wildman–Crippen LogP) is -3.01. The van der Waals surface area contributed by atoms with Crippen molar-refractivity contribution in [2.24, 2.45) is 17.2 Å². The summed E-state index contributed by atoms with van der Waals surface area (Å²) in [5.41, 5.74) is 15.4. The van der Waals surface area contributed by atoms with Crippen LogP contribution in [0.25, 0.3) is 0 Å². The lowest BCUT2D eigenvalue weighted by Crippen LogP contribution is -2.35. The molecule has 12 nitrogen and oxygen atoms in total. The zero-order chi connectivity index (χ0) is 19.1. The number of nitrogens with two attached hydrogens (primary N) is 3. The standard InChI is InChI=1S/C8H18N4O3.C4H7NO4/c9-6(7(14)15-5-4-13)2-1-3-12-8(10)11;5-2(4(8)9)1-3(6)7/h6,13H,1-5,9H2,(H4,10,11,12);2H,1,5H2,(H,6,7)(H,8,9)/t6-;2-/m00/s1. The quantitative estimate of drug-likeness (QED) is 0.0853. The predicted molar refractivity (Wildman–Crippen MR) is 83.0 cm³/mol. The second kappa shape index (κ2) is 14.2. The Morgan fingerprint density at radius 2 is 1.75 bits per heavy atom. The number of aliphatic carboxylic acids is 2. The molecule has 0 aliphatic heterocycles. The number of hydrogen-bond acceptors (Lipinski definition) is 8. The molecule has 0 aromatic rings. The normalized spacial score (nSPS) is 12.1. The molecule has 0 aromatic carbocycles. The van der Waals surface area contributed by atoms with Gasteiger partial charge in [0.05, 0.1) is 13.0 Å². The molecule has 0 unspecified atom stereocenters. The number of esters is 1. The summed E-state index contributed by atoms with van der Waals surface area (Å²) in [5, 5.41) is 33.9. The monoisotopic (exact) mass is 351 g/mol. The van der Waals surface area contributed by atoms with Crippen molar-refractivity contribution < 1.29 is 34.4 Å². The van der Waals surface area contributed by atoms with Crippen molar-refractivity contribution in [1.82, 2.24) is 5.32 Å². The highest BCUT2D eigenvalue weighted by Crippen LogP contribution is 1.96. The number of carbonyl (C=O) groups is 3. The maximum Gasteiger partial charge on any atom is 0.322 e. The van der Waals surface area contributed by atoms with Crippen LogP contribution in [0.2, 0.25) is 0 Å². The number of ether oxygens (including phenoxy) is 1. The first kappa shape index (κ1) is 23.8. The van der Waals surface area contributed by atoms with Crippen LogP contribution in [0.4, 0.5) is 0 Å². The number of carboxylic acids is 2. The van der Waals surface area contributed by atoms with E-state index in [1.165, 1.54) is 0 Å². The third-order valence-corrected chi connectivity index (χ3v) is 2.36. The number of nitrogens with one attached hydrogen (secondary N) is 2. The summed E-state index contributed by atoms with van der Waals surface area (Å²) in [4.78, 5) is 30.7. The summed E-state index contributed by atoms with van der Waals surface area (Å²) in [6, 6.07) is -1.98. The van der Waals surface area contributed by atoms with Crippen molar-refractivity contribution in [3.05, 3.63) is 0 Å². The van der Waals surface area contributed by atoms with E-state index in [0.29, 0.717) is 19.4 Å². The Labute approximate surface area is 138 Å². The van der Waals surface area contributed by atoms with Crippen molar-refractivity contribution in [3.8, 4) is 0 Å². The number of hydrogen-bond donors (Lipinski definition) is 8. The molecule has 12 heteroatoms. The number of aliphatic hydroxyl groups excluding tert-OH is 1. The second-order valence-electron chi connectivity index (χ2n) is 4.52. The molecule has 0 rings (SSSR count). The van der Waals surface area contributed by atoms with Gasteiger partial charge in [0.25, 0.3) is 0 Å². The van der Waals surface area contributed by atoms with Gasteiger partial charge in [-0.2, -0.15) is 0 Å². The van der Waals surface area contributed by atoms with Crippen LogP contribution in [0.15, 0.2) is 0 Å². The molecule has 2 atom stereocenters. The molecule has 0 amide bonds. The zero-order valence-electron chi connectivity index (χ0n) is 13.1. The summed E-state index contributed by atoms with van der Waals surface area (Å²) >= 11 is 0. The molecule has 0 aromatic heterocycles. The van der Waals surface area contributed by atoms with E-state index in [2.05, 4.69) is 10.1 Å². The highest BCUT2D eigenvalue weighted by Gasteiger charge is 2.14. The number of carbonyl (C=O) groups excluding carboxylic acids is 1. The van der Waals surface area contributed by atoms with Crippen LogP contribution in [0.5, 0.6) is 0 Å². The summed E-state index contributed by atoms with van der Waals surface area (Å²) in [6.45, 7) is 0.263. The van der Waals surface area contributed by atoms with Crippen LogP contribution in [0.3, 0.4) is 0 Å². The average molecular weight is 351 g/mol. The van der Waals surface area contributed by atoms with Crippen LogP contribution in [0.1, 0.15) is 19.3 Å². The molecule has 0 radical (unpaired) electrons. The van der Waals surface area contributed by atoms with Gasteiger partial charge in [-0.05, 0) is 12.8 Å². The Morgan fingerprint density at radius 3 is 2.12 bits per heavy atom. The van der Waals surface area contributed by atoms with Crippen LogP contribution in [-0.4, -0.2) is 71.0 Å². The van der Waals surface area contributed by atoms with E-state index in [1.54, 1.807) is 0 Å². The van der Waals surface area contributed by atoms with Gasteiger partial charge >= 0.3 is 17.9 Å². The van der Waals surface area contributed by atoms with E-state index in [-0.39, 0.29) is 19.2 Å². The highest BCUT2D eigenvalue weighted by molar-refractivity contribution is 5.80. The van der Waals surface area contributed by atoms with Gasteiger partial charge in [-0.1, -0.05) is 0 Å². The third kappa shape index (κ3) is 15.9. The van der Waals surface area contributed by atoms with Crippen LogP contribution in [0, 0.1) is 5.41 Å². The number of carboxylic acid groups (broad SMARTS) is 2. The first-order valence-electron chi connectivity index (χ1n) is 6.92. The Morgan fingerprint density at radius 1 is 1.17 bits per heavy atom. The molecule has 0 spiro atoms. The molecule has 140 valence electrons. The lowest BCUT2D eigenvalue weighted by atomic mass is 10.2. The summed E-state index contributed by atoms with van der Waals surface area (Å²) in [7, 11) is 0. The van der Waals surface area contributed by atoms with E-state index in [9.17, 15) is 14.4 Å². The maximum absolute atomic E-state index is 11.1. The van der Waals surface area contributed by atoms with Gasteiger partial charge in [0.1, 0.15) is 18.7 Å². The van der Waals surface area contributed by atoms with E-state index < -0.39 is 36.4 Å². The van der Waals surface area contributed by atoms with Crippen molar-refractivity contribution in [1.29, 1.82) is 5.41 Å². The maximum atomic E-state index is 11.1. The highest BCUT2D eigenvalue weighted by atomic mass is 16.5. The van der Waals surface area contributed by atoms with Crippen LogP contribution in [-0.2, 0) is 19.1 Å². The average Bonchev–Trinajstić information content (AvgIpc) is 2.48. The smallest absolute Gasteiger partial charge is 0.322 e. The van der Waals surface area contributed by atoms with E-state index in [4.69, 9.17) is 37.9 Å². The molecule has 0 bridgehead atoms. The van der Waals surface area contributed by atoms with E-state index in [0.717, 1.165) is 0 Å². The molecular formula is C12H25N5O7. The lowest BCUT2D eigenvalue weighted by molar-refractivity contribution is -0.146. The third-order valence-electron chi connectivity index (χ3n) is 2.36. The van der Waals surface area contributed by atoms with Crippen molar-refractivity contribution >= 4 is 23.9 Å². The van der Waals surface area contributed by atoms with Crippen LogP contribution >= 0.6 is 0 Å². The summed E-state index contributed by atoms with van der Waals surface area (Å²) in [5.74, 6) is -3.12. The number of aliphatic hydroxyl groups is 1. The Balaban J connectivity index is 0. The molecule has 24 heavy (non-hydrogen) atoms. The van der Waals surface area contributed by atoms with Gasteiger partial charge in [0.2, 0.25) is 0 Å². The molecular weight excluding hydrogens is 326 g/mol. The number of rotatable bonds is 10. The molecule has 0 saturated carbocycles. The SMILES string of the molecule is N=C(N)NCCC[C@H](N)C(=O)OCCO.N[C@@H](CC(=O)O)C(=O)O. The fourth-order valence-corrected chi connectivity index (χ4v) is 1.19. The van der Waals surface area contributed by atoms with Crippen molar-refractivity contribution in [2.45, 2.75) is 31.3 Å². The van der Waals surface area contributed by atoms with Gasteiger partial charge < -0.3 is 42.6 Å². The van der Waals surface area contributed by atoms with Gasteiger partial charge in [-0.15, -0.1) is 0 Å². The molecule has 11 N–H and O–H groups in total. The summed E-state index contributed by atoms with van der Waals surface area (Å²) in [6.07, 6.45) is 0.537. The second-order valence-corrected chi connectivity index (χ2v) is 4.52. The Kier molecular flexibility index (Phi) is 14.1. The molecule has 0 fully saturated rings. The molecule has 0 heterocycles. The minimum atomic E-state index is -1.29. The fraction of sp³-hybridized carbons (Fsp3) is 0.667. The van der Waals surface area contributed by atoms with E-state index >= 15 is 0 Å². The Bertz CT molecular complexity index is 419. The molecule has 0 saturated heterocycles. The molecule has 0 aliphatic rings. The Hall–Kier alpha value is -2.44. The largest absolute Gasteiger partial charge is 0.481 e. The van der Waals surface area contributed by atoms with Gasteiger partial charge in [0.15, 0.2) is 5.96 Å². The van der Waals surface area contributed by atoms with Gasteiger partial charge in [-0.3, -0.25) is 19.8 Å². The van der Waals surface area contributed by atoms with Crippen LogP contribution < -0.4 is 22.5 Å². The minimum Gasteiger partial charge on any atom is -0.481 e. The number of guanidine groups is 1. The van der Waals surface area contributed by atoms with Gasteiger partial charge in [-0.25, -0.2) is 0 Å². The fourth-order valence-electron chi connectivity index (χ4n) is 1.19. The first-order valence-corrected chi connectivity index (χ1v) is 6.92. The first-order chi connectivity index (χ1) is 11.1. The summed E-state index contributed by atoms with van der Waals surface area (Å²) < 4.78 is 4.63. The van der Waals surface area contributed by atoms with Gasteiger partial charge in [0, 0.05) is 6.54 Å². The zero-order valence-corrected chi connectivity index (χ0v) is 13.1. The van der Waals surface area contributed by atoms with E-state index in [1.807, 2.05) is 0 Å². The lowest BCUT2D eigenvalue weighted by Gasteiger charge is -2.10. The molecule has 0 aliphatic carbocycles. The topological polar surface area (TPSA) is 235 Å². The minimum absolute atomic E-state index is 0.0295. The van der Waals surface area contributed by atoms with Crippen molar-refractivity contribution in [2.75, 3.05) is 19.8 Å². The van der Waals surface area contributed by atoms with Crippen molar-refractivity contribution in [3.63, 3.8) is 0 Å².